The van der Waals surface area contributed by atoms with Crippen LogP contribution in [0.5, 0.6) is 0 Å². The number of carbonyl (C=O) groups excluding carboxylic acids is 1. The number of rotatable bonds is 8. The molecule has 3 aromatic rings. The highest BCUT2D eigenvalue weighted by Crippen LogP contribution is 2.58. The first-order valence-electron chi connectivity index (χ1n) is 10.8. The molecule has 0 saturated heterocycles. The Balaban J connectivity index is 1.58. The zero-order valence-electron chi connectivity index (χ0n) is 17.4. The predicted molar refractivity (Wildman–Crippen MR) is 122 cm³/mol. The van der Waals surface area contributed by atoms with Crippen LogP contribution in [0.3, 0.4) is 0 Å². The van der Waals surface area contributed by atoms with Gasteiger partial charge in [0.1, 0.15) is 0 Å². The molecule has 30 heavy (non-hydrogen) atoms. The number of hydrogen-bond acceptors (Lipinski definition) is 2. The number of hydrazone groups is 1. The van der Waals surface area contributed by atoms with E-state index in [4.69, 9.17) is 0 Å². The van der Waals surface area contributed by atoms with Gasteiger partial charge in [-0.2, -0.15) is 5.10 Å². The molecular formula is C27H28N2O. The van der Waals surface area contributed by atoms with E-state index in [9.17, 15) is 4.79 Å². The minimum Gasteiger partial charge on any atom is -0.273 e. The lowest BCUT2D eigenvalue weighted by atomic mass is 9.85. The molecule has 3 heteroatoms. The molecule has 1 unspecified atom stereocenters. The highest BCUT2D eigenvalue weighted by Gasteiger charge is 2.60. The van der Waals surface area contributed by atoms with Crippen LogP contribution in [0.25, 0.3) is 0 Å². The Morgan fingerprint density at radius 3 is 1.97 bits per heavy atom. The number of hydrogen-bond donors (Lipinski definition) is 1. The van der Waals surface area contributed by atoms with Crippen LogP contribution in [0, 0.1) is 5.92 Å². The minimum absolute atomic E-state index is 0.00682. The van der Waals surface area contributed by atoms with E-state index in [1.807, 2.05) is 54.6 Å². The Morgan fingerprint density at radius 1 is 0.900 bits per heavy atom. The molecule has 0 spiro atoms. The van der Waals surface area contributed by atoms with Crippen molar-refractivity contribution in [1.82, 2.24) is 5.43 Å². The molecule has 1 amide bonds. The second-order valence-corrected chi connectivity index (χ2v) is 7.96. The molecule has 1 aliphatic rings. The van der Waals surface area contributed by atoms with Gasteiger partial charge in [-0.15, -0.1) is 0 Å². The minimum atomic E-state index is -0.265. The van der Waals surface area contributed by atoms with E-state index >= 15 is 0 Å². The van der Waals surface area contributed by atoms with E-state index in [1.54, 1.807) is 0 Å². The summed E-state index contributed by atoms with van der Waals surface area (Å²) in [6, 6.07) is 30.8. The van der Waals surface area contributed by atoms with Crippen LogP contribution in [0.2, 0.25) is 0 Å². The molecule has 0 bridgehead atoms. The lowest BCUT2D eigenvalue weighted by Gasteiger charge is -2.18. The summed E-state index contributed by atoms with van der Waals surface area (Å²) in [6.07, 6.45) is 3.80. The van der Waals surface area contributed by atoms with Crippen molar-refractivity contribution in [3.8, 4) is 0 Å². The molecular weight excluding hydrogens is 368 g/mol. The van der Waals surface area contributed by atoms with Crippen molar-refractivity contribution in [3.63, 3.8) is 0 Å². The van der Waals surface area contributed by atoms with Gasteiger partial charge in [-0.05, 0) is 36.0 Å². The summed E-state index contributed by atoms with van der Waals surface area (Å²) in [5.41, 5.74) is 7.02. The molecule has 1 atom stereocenters. The summed E-state index contributed by atoms with van der Waals surface area (Å²) in [5.74, 6) is -0.123. The monoisotopic (exact) mass is 396 g/mol. The molecule has 0 radical (unpaired) electrons. The third-order valence-electron chi connectivity index (χ3n) is 6.03. The maximum Gasteiger partial charge on any atom is 0.244 e. The largest absolute Gasteiger partial charge is 0.273 e. The molecule has 1 fully saturated rings. The first-order chi connectivity index (χ1) is 14.8. The fourth-order valence-electron chi connectivity index (χ4n) is 4.30. The fourth-order valence-corrected chi connectivity index (χ4v) is 4.30. The van der Waals surface area contributed by atoms with Gasteiger partial charge in [0.2, 0.25) is 5.91 Å². The van der Waals surface area contributed by atoms with E-state index < -0.39 is 0 Å². The van der Waals surface area contributed by atoms with E-state index in [2.05, 4.69) is 53.8 Å². The average molecular weight is 397 g/mol. The van der Waals surface area contributed by atoms with E-state index in [1.165, 1.54) is 11.1 Å². The number of nitrogens with one attached hydrogen (secondary N) is 1. The Bertz CT molecular complexity index is 957. The number of benzene rings is 3. The van der Waals surface area contributed by atoms with Gasteiger partial charge in [0.05, 0.1) is 11.6 Å². The van der Waals surface area contributed by atoms with Crippen molar-refractivity contribution in [2.24, 2.45) is 11.0 Å². The van der Waals surface area contributed by atoms with E-state index in [0.717, 1.165) is 37.0 Å². The van der Waals surface area contributed by atoms with Gasteiger partial charge < -0.3 is 0 Å². The molecule has 1 aliphatic carbocycles. The Hall–Kier alpha value is -3.20. The topological polar surface area (TPSA) is 41.5 Å². The zero-order chi connectivity index (χ0) is 20.8. The molecule has 0 aliphatic heterocycles. The van der Waals surface area contributed by atoms with Gasteiger partial charge in [-0.25, -0.2) is 5.43 Å². The third-order valence-corrected chi connectivity index (χ3v) is 6.03. The van der Waals surface area contributed by atoms with Crippen LogP contribution in [0.4, 0.5) is 0 Å². The van der Waals surface area contributed by atoms with Crippen LogP contribution in [-0.4, -0.2) is 11.6 Å². The molecule has 1 N–H and O–H groups in total. The van der Waals surface area contributed by atoms with Gasteiger partial charge in [0.25, 0.3) is 0 Å². The Morgan fingerprint density at radius 2 is 1.43 bits per heavy atom. The number of amides is 1. The van der Waals surface area contributed by atoms with Crippen molar-refractivity contribution in [3.05, 3.63) is 108 Å². The van der Waals surface area contributed by atoms with Gasteiger partial charge in [0.15, 0.2) is 0 Å². The van der Waals surface area contributed by atoms with Crippen molar-refractivity contribution >= 4 is 11.6 Å². The van der Waals surface area contributed by atoms with Crippen LogP contribution >= 0.6 is 0 Å². The van der Waals surface area contributed by atoms with Crippen LogP contribution in [-0.2, 0) is 10.2 Å². The quantitative estimate of drug-likeness (QED) is 0.385. The maximum absolute atomic E-state index is 13.2. The highest BCUT2D eigenvalue weighted by atomic mass is 16.2. The van der Waals surface area contributed by atoms with E-state index in [-0.39, 0.29) is 17.2 Å². The fraction of sp³-hybridized carbons (Fsp3) is 0.259. The number of carbonyl (C=O) groups is 1. The van der Waals surface area contributed by atoms with Gasteiger partial charge in [-0.1, -0.05) is 104 Å². The van der Waals surface area contributed by atoms with Crippen molar-refractivity contribution in [2.45, 2.75) is 38.0 Å². The molecule has 4 rings (SSSR count). The van der Waals surface area contributed by atoms with Crippen LogP contribution in [0.15, 0.2) is 96.1 Å². The normalized spacial score (nSPS) is 17.4. The zero-order valence-corrected chi connectivity index (χ0v) is 17.4. The summed E-state index contributed by atoms with van der Waals surface area (Å²) in [6.45, 7) is 2.17. The number of unbranched alkanes of at least 4 members (excludes halogenated alkanes) is 1. The molecule has 0 aromatic heterocycles. The predicted octanol–water partition coefficient (Wildman–Crippen LogP) is 5.70. The van der Waals surface area contributed by atoms with Gasteiger partial charge in [-0.3, -0.25) is 4.79 Å². The second-order valence-electron chi connectivity index (χ2n) is 7.96. The molecule has 152 valence electrons. The van der Waals surface area contributed by atoms with Gasteiger partial charge in [0, 0.05) is 5.41 Å². The summed E-state index contributed by atoms with van der Waals surface area (Å²) in [7, 11) is 0. The lowest BCUT2D eigenvalue weighted by molar-refractivity contribution is -0.122. The van der Waals surface area contributed by atoms with Crippen molar-refractivity contribution < 1.29 is 4.79 Å². The van der Waals surface area contributed by atoms with Crippen molar-refractivity contribution in [2.75, 3.05) is 0 Å². The maximum atomic E-state index is 13.2. The molecule has 0 heterocycles. The molecule has 3 nitrogen and oxygen atoms in total. The first kappa shape index (κ1) is 20.1. The second kappa shape index (κ2) is 9.08. The highest BCUT2D eigenvalue weighted by molar-refractivity contribution is 6.01. The summed E-state index contributed by atoms with van der Waals surface area (Å²) in [5, 5.41) is 4.56. The molecule has 3 aromatic carbocycles. The van der Waals surface area contributed by atoms with Crippen LogP contribution in [0.1, 0.15) is 49.3 Å². The van der Waals surface area contributed by atoms with E-state index in [0.29, 0.717) is 0 Å². The SMILES string of the molecule is CCCC/C(=N/NC(=O)C1CC1(c1ccccc1)c1ccccc1)c1ccccc1. The molecule has 1 saturated carbocycles. The summed E-state index contributed by atoms with van der Waals surface area (Å²) in [4.78, 5) is 13.2. The first-order valence-corrected chi connectivity index (χ1v) is 10.8. The smallest absolute Gasteiger partial charge is 0.244 e. The average Bonchev–Trinajstić information content (AvgIpc) is 3.58. The standard InChI is InChI=1S/C27H28N2O/c1-2-3-19-25(21-13-7-4-8-14-21)28-29-26(30)24-20-27(24,22-15-9-5-10-16-22)23-17-11-6-12-18-23/h4-18,24H,2-3,19-20H2,1H3,(H,29,30)/b28-25-. The van der Waals surface area contributed by atoms with Gasteiger partial charge >= 0.3 is 0 Å². The lowest BCUT2D eigenvalue weighted by Crippen LogP contribution is -2.26. The summed E-state index contributed by atoms with van der Waals surface area (Å²) >= 11 is 0. The third kappa shape index (κ3) is 4.06. The number of nitrogens with zero attached hydrogens (tertiary/aromatic N) is 1. The van der Waals surface area contributed by atoms with Crippen molar-refractivity contribution in [1.29, 1.82) is 0 Å². The summed E-state index contributed by atoms with van der Waals surface area (Å²) < 4.78 is 0. The Labute approximate surface area is 178 Å². The van der Waals surface area contributed by atoms with Crippen LogP contribution < -0.4 is 5.43 Å². The Kier molecular flexibility index (Phi) is 6.08.